The topological polar surface area (TPSA) is 118 Å². The van der Waals surface area contributed by atoms with E-state index in [1.807, 2.05) is 42.5 Å². The third kappa shape index (κ3) is 3.95. The molecule has 166 valence electrons. The van der Waals surface area contributed by atoms with Gasteiger partial charge in [0.2, 0.25) is 0 Å². The number of carboxylic acid groups (broad SMARTS) is 1. The van der Waals surface area contributed by atoms with Gasteiger partial charge in [-0.15, -0.1) is 0 Å². The van der Waals surface area contributed by atoms with E-state index in [-0.39, 0.29) is 11.1 Å². The van der Waals surface area contributed by atoms with Crippen LogP contribution < -0.4 is 5.63 Å². The summed E-state index contributed by atoms with van der Waals surface area (Å²) in [6, 6.07) is 22.3. The molecule has 0 aliphatic heterocycles. The van der Waals surface area contributed by atoms with E-state index in [2.05, 4.69) is 10.1 Å². The minimum absolute atomic E-state index is 0.217. The van der Waals surface area contributed by atoms with E-state index in [4.69, 9.17) is 9.52 Å². The van der Waals surface area contributed by atoms with Crippen molar-refractivity contribution in [2.75, 3.05) is 0 Å². The number of fused-ring (bicyclic) bond motifs is 1. The Bertz CT molecular complexity index is 1620. The Morgan fingerprint density at radius 2 is 1.76 bits per heavy atom. The van der Waals surface area contributed by atoms with Crippen LogP contribution in [0.15, 0.2) is 99.3 Å². The first-order valence-electron chi connectivity index (χ1n) is 10.3. The maximum atomic E-state index is 12.8. The van der Waals surface area contributed by atoms with Crippen LogP contribution in [0.1, 0.15) is 15.9 Å². The van der Waals surface area contributed by atoms with Gasteiger partial charge in [0.15, 0.2) is 0 Å². The number of para-hydroxylation sites is 2. The van der Waals surface area contributed by atoms with Gasteiger partial charge in [0.1, 0.15) is 22.6 Å². The SMILES string of the molecule is O=C(O)c1ccc(N=Cc2cn(-c3ccccc3)nc2-c2cc3ccccc3oc2=O)cc1O. The van der Waals surface area contributed by atoms with E-state index in [9.17, 15) is 14.7 Å². The number of aromatic hydroxyl groups is 1. The maximum Gasteiger partial charge on any atom is 0.345 e. The van der Waals surface area contributed by atoms with Crippen LogP contribution in [0.25, 0.3) is 27.9 Å². The molecule has 0 aliphatic rings. The summed E-state index contributed by atoms with van der Waals surface area (Å²) in [6.45, 7) is 0. The van der Waals surface area contributed by atoms with Gasteiger partial charge in [-0.3, -0.25) is 4.99 Å². The van der Waals surface area contributed by atoms with E-state index in [1.165, 1.54) is 24.4 Å². The number of nitrogens with zero attached hydrogens (tertiary/aromatic N) is 3. The summed E-state index contributed by atoms with van der Waals surface area (Å²) in [5.74, 6) is -1.62. The summed E-state index contributed by atoms with van der Waals surface area (Å²) < 4.78 is 7.13. The zero-order chi connectivity index (χ0) is 23.7. The van der Waals surface area contributed by atoms with E-state index >= 15 is 0 Å². The van der Waals surface area contributed by atoms with Gasteiger partial charge >= 0.3 is 11.6 Å². The van der Waals surface area contributed by atoms with Crippen LogP contribution in [0.2, 0.25) is 0 Å². The van der Waals surface area contributed by atoms with Crippen LogP contribution in [0.3, 0.4) is 0 Å². The van der Waals surface area contributed by atoms with Crippen molar-refractivity contribution in [2.45, 2.75) is 0 Å². The van der Waals surface area contributed by atoms with Crippen molar-refractivity contribution >= 4 is 28.8 Å². The molecule has 34 heavy (non-hydrogen) atoms. The molecular formula is C26H17N3O5. The van der Waals surface area contributed by atoms with E-state index in [0.29, 0.717) is 22.5 Å². The molecule has 5 aromatic rings. The van der Waals surface area contributed by atoms with Gasteiger partial charge in [0.05, 0.1) is 16.9 Å². The second-order valence-corrected chi connectivity index (χ2v) is 7.46. The number of hydrogen-bond donors (Lipinski definition) is 2. The average molecular weight is 451 g/mol. The lowest BCUT2D eigenvalue weighted by Crippen LogP contribution is -2.05. The lowest BCUT2D eigenvalue weighted by molar-refractivity contribution is 0.0694. The Morgan fingerprint density at radius 1 is 1.00 bits per heavy atom. The quantitative estimate of drug-likeness (QED) is 0.293. The van der Waals surface area contributed by atoms with Crippen molar-refractivity contribution < 1.29 is 19.4 Å². The van der Waals surface area contributed by atoms with Gasteiger partial charge in [-0.2, -0.15) is 5.10 Å². The first kappa shape index (κ1) is 20.9. The molecule has 8 nitrogen and oxygen atoms in total. The fourth-order valence-corrected chi connectivity index (χ4v) is 3.56. The molecule has 0 spiro atoms. The molecular weight excluding hydrogens is 434 g/mol. The lowest BCUT2D eigenvalue weighted by Gasteiger charge is -2.02. The van der Waals surface area contributed by atoms with Gasteiger partial charge in [-0.1, -0.05) is 36.4 Å². The van der Waals surface area contributed by atoms with E-state index in [1.54, 1.807) is 29.1 Å². The predicted molar refractivity (Wildman–Crippen MR) is 127 cm³/mol. The molecule has 0 saturated carbocycles. The largest absolute Gasteiger partial charge is 0.507 e. The Balaban J connectivity index is 1.63. The van der Waals surface area contributed by atoms with Crippen LogP contribution >= 0.6 is 0 Å². The normalized spacial score (nSPS) is 11.3. The predicted octanol–water partition coefficient (Wildman–Crippen LogP) is 4.80. The highest BCUT2D eigenvalue weighted by molar-refractivity contribution is 5.93. The molecule has 0 saturated heterocycles. The monoisotopic (exact) mass is 451 g/mol. The van der Waals surface area contributed by atoms with E-state index < -0.39 is 17.3 Å². The number of carboxylic acids is 1. The molecule has 0 atom stereocenters. The number of aliphatic imine (C=N–C) groups is 1. The standard InChI is InChI=1S/C26H17N3O5/c30-22-13-18(10-11-20(22)25(31)32)27-14-17-15-29(19-7-2-1-3-8-19)28-24(17)21-12-16-6-4-5-9-23(16)34-26(21)33/h1-15,30H,(H,31,32). The van der Waals surface area contributed by atoms with Crippen molar-refractivity contribution in [3.8, 4) is 22.7 Å². The van der Waals surface area contributed by atoms with Crippen LogP contribution in [0.5, 0.6) is 5.75 Å². The summed E-state index contributed by atoms with van der Waals surface area (Å²) >= 11 is 0. The second-order valence-electron chi connectivity index (χ2n) is 7.46. The summed E-state index contributed by atoms with van der Waals surface area (Å²) in [5, 5.41) is 24.4. The molecule has 8 heteroatoms. The van der Waals surface area contributed by atoms with Gasteiger partial charge < -0.3 is 14.6 Å². The Morgan fingerprint density at radius 3 is 2.53 bits per heavy atom. The van der Waals surface area contributed by atoms with Crippen molar-refractivity contribution in [2.24, 2.45) is 4.99 Å². The molecule has 0 bridgehead atoms. The van der Waals surface area contributed by atoms with Crippen molar-refractivity contribution in [3.63, 3.8) is 0 Å². The summed E-state index contributed by atoms with van der Waals surface area (Å²) in [6.07, 6.45) is 3.24. The first-order valence-corrected chi connectivity index (χ1v) is 10.3. The number of aromatic nitrogens is 2. The molecule has 2 N–H and O–H groups in total. The van der Waals surface area contributed by atoms with Gasteiger partial charge in [0.25, 0.3) is 0 Å². The average Bonchev–Trinajstić information content (AvgIpc) is 3.26. The highest BCUT2D eigenvalue weighted by Crippen LogP contribution is 2.26. The molecule has 0 amide bonds. The minimum Gasteiger partial charge on any atom is -0.507 e. The number of hydrogen-bond acceptors (Lipinski definition) is 6. The second kappa shape index (κ2) is 8.51. The van der Waals surface area contributed by atoms with Crippen LogP contribution in [-0.2, 0) is 0 Å². The van der Waals surface area contributed by atoms with Gasteiger partial charge in [-0.25, -0.2) is 14.3 Å². The third-order valence-corrected chi connectivity index (χ3v) is 5.22. The maximum absolute atomic E-state index is 12.8. The zero-order valence-corrected chi connectivity index (χ0v) is 17.6. The fourth-order valence-electron chi connectivity index (χ4n) is 3.56. The molecule has 0 unspecified atom stereocenters. The van der Waals surface area contributed by atoms with Crippen LogP contribution in [-0.4, -0.2) is 32.2 Å². The smallest absolute Gasteiger partial charge is 0.345 e. The Hall–Kier alpha value is -4.98. The van der Waals surface area contributed by atoms with Crippen LogP contribution in [0.4, 0.5) is 5.69 Å². The zero-order valence-electron chi connectivity index (χ0n) is 17.6. The molecule has 2 heterocycles. The molecule has 5 rings (SSSR count). The molecule has 2 aromatic heterocycles. The summed E-state index contributed by atoms with van der Waals surface area (Å²) in [7, 11) is 0. The first-order chi connectivity index (χ1) is 16.5. The number of rotatable bonds is 5. The fraction of sp³-hybridized carbons (Fsp3) is 0. The lowest BCUT2D eigenvalue weighted by atomic mass is 10.1. The number of carbonyl (C=O) groups is 1. The number of phenols is 1. The van der Waals surface area contributed by atoms with Crippen LogP contribution in [0, 0.1) is 0 Å². The third-order valence-electron chi connectivity index (χ3n) is 5.22. The number of benzene rings is 3. The summed E-state index contributed by atoms with van der Waals surface area (Å²) in [5.41, 5.74) is 2.04. The van der Waals surface area contributed by atoms with Gasteiger partial charge in [-0.05, 0) is 36.4 Å². The van der Waals surface area contributed by atoms with Crippen molar-refractivity contribution in [3.05, 3.63) is 107 Å². The number of aromatic carboxylic acids is 1. The Labute approximate surface area is 192 Å². The van der Waals surface area contributed by atoms with Crippen molar-refractivity contribution in [1.29, 1.82) is 0 Å². The minimum atomic E-state index is -1.23. The highest BCUT2D eigenvalue weighted by Gasteiger charge is 2.17. The molecule has 3 aromatic carbocycles. The van der Waals surface area contributed by atoms with Crippen molar-refractivity contribution in [1.82, 2.24) is 9.78 Å². The molecule has 0 aliphatic carbocycles. The Kier molecular flexibility index (Phi) is 5.23. The summed E-state index contributed by atoms with van der Waals surface area (Å²) in [4.78, 5) is 28.3. The molecule has 0 fully saturated rings. The highest BCUT2D eigenvalue weighted by atomic mass is 16.4. The van der Waals surface area contributed by atoms with Gasteiger partial charge in [0, 0.05) is 29.4 Å². The molecule has 0 radical (unpaired) electrons. The van der Waals surface area contributed by atoms with E-state index in [0.717, 1.165) is 11.1 Å².